The zero-order valence-electron chi connectivity index (χ0n) is 8.66. The van der Waals surface area contributed by atoms with Crippen molar-refractivity contribution in [1.29, 1.82) is 0 Å². The van der Waals surface area contributed by atoms with Crippen LogP contribution in [0.15, 0.2) is 41.1 Å². The molecule has 0 unspecified atom stereocenters. The summed E-state index contributed by atoms with van der Waals surface area (Å²) in [5, 5.41) is 0. The van der Waals surface area contributed by atoms with Gasteiger partial charge in [0.15, 0.2) is 0 Å². The molecule has 1 aromatic heterocycles. The second-order valence-corrected chi connectivity index (χ2v) is 4.42. The molecule has 0 aliphatic carbocycles. The number of halogens is 3. The van der Waals surface area contributed by atoms with Gasteiger partial charge in [0.1, 0.15) is 17.3 Å². The van der Waals surface area contributed by atoms with Gasteiger partial charge in [0.2, 0.25) is 0 Å². The number of alkyl halides is 1. The van der Waals surface area contributed by atoms with Gasteiger partial charge in [-0.15, -0.1) is 11.6 Å². The van der Waals surface area contributed by atoms with Crippen molar-refractivity contribution in [1.82, 2.24) is 4.98 Å². The van der Waals surface area contributed by atoms with Gasteiger partial charge < -0.3 is 4.74 Å². The highest BCUT2D eigenvalue weighted by molar-refractivity contribution is 9.10. The van der Waals surface area contributed by atoms with Crippen LogP contribution in [0.3, 0.4) is 0 Å². The van der Waals surface area contributed by atoms with E-state index in [9.17, 15) is 4.39 Å². The Balaban J connectivity index is 2.28. The molecule has 17 heavy (non-hydrogen) atoms. The Morgan fingerprint density at radius 2 is 2.18 bits per heavy atom. The van der Waals surface area contributed by atoms with Crippen molar-refractivity contribution >= 4 is 27.5 Å². The van der Waals surface area contributed by atoms with Crippen LogP contribution < -0.4 is 4.74 Å². The number of hydrogen-bond donors (Lipinski definition) is 0. The summed E-state index contributed by atoms with van der Waals surface area (Å²) in [5.74, 6) is 1.14. The third-order valence-electron chi connectivity index (χ3n) is 2.12. The minimum atomic E-state index is -0.329. The third-order valence-corrected chi connectivity index (χ3v) is 3.02. The van der Waals surface area contributed by atoms with Gasteiger partial charge in [-0.25, -0.2) is 4.39 Å². The van der Waals surface area contributed by atoms with Crippen LogP contribution in [0.5, 0.6) is 11.5 Å². The first kappa shape index (κ1) is 12.3. The van der Waals surface area contributed by atoms with Gasteiger partial charge in [-0.05, 0) is 40.2 Å². The second-order valence-electron chi connectivity index (χ2n) is 3.30. The predicted molar refractivity (Wildman–Crippen MR) is 68.0 cm³/mol. The molecule has 88 valence electrons. The summed E-state index contributed by atoms with van der Waals surface area (Å²) in [7, 11) is 0. The lowest BCUT2D eigenvalue weighted by Crippen LogP contribution is -1.91. The molecule has 1 heterocycles. The zero-order chi connectivity index (χ0) is 12.3. The SMILES string of the molecule is Fc1ccc(Oc2ccncc2CCl)cc1Br. The molecule has 0 spiro atoms. The average Bonchev–Trinajstić information content (AvgIpc) is 2.34. The van der Waals surface area contributed by atoms with E-state index in [0.29, 0.717) is 21.9 Å². The topological polar surface area (TPSA) is 22.1 Å². The number of ether oxygens (including phenoxy) is 1. The minimum absolute atomic E-state index is 0.311. The Bertz CT molecular complexity index is 536. The molecular weight excluding hydrogens is 308 g/mol. The molecule has 0 N–H and O–H groups in total. The maximum atomic E-state index is 13.0. The summed E-state index contributed by atoms with van der Waals surface area (Å²) in [4.78, 5) is 3.96. The quantitative estimate of drug-likeness (QED) is 0.777. The predicted octanol–water partition coefficient (Wildman–Crippen LogP) is 4.51. The molecule has 0 atom stereocenters. The molecule has 0 saturated carbocycles. The summed E-state index contributed by atoms with van der Waals surface area (Å²) in [6, 6.07) is 6.17. The summed E-state index contributed by atoms with van der Waals surface area (Å²) in [6.07, 6.45) is 3.25. The third kappa shape index (κ3) is 2.96. The van der Waals surface area contributed by atoms with Crippen LogP contribution in [0.1, 0.15) is 5.56 Å². The fraction of sp³-hybridized carbons (Fsp3) is 0.0833. The van der Waals surface area contributed by atoms with Gasteiger partial charge in [0.05, 0.1) is 10.4 Å². The van der Waals surface area contributed by atoms with Crippen LogP contribution >= 0.6 is 27.5 Å². The standard InChI is InChI=1S/C12H8BrClFNO/c13-10-5-9(1-2-11(10)15)17-12-3-4-16-7-8(12)6-14/h1-5,7H,6H2. The number of aromatic nitrogens is 1. The molecule has 2 rings (SSSR count). The molecule has 0 amide bonds. The van der Waals surface area contributed by atoms with E-state index in [1.807, 2.05) is 0 Å². The maximum absolute atomic E-state index is 13.0. The molecule has 5 heteroatoms. The van der Waals surface area contributed by atoms with E-state index in [1.165, 1.54) is 6.07 Å². The van der Waals surface area contributed by atoms with Crippen LogP contribution in [0.2, 0.25) is 0 Å². The number of pyridine rings is 1. The molecule has 0 aliphatic rings. The van der Waals surface area contributed by atoms with Crippen LogP contribution in [0, 0.1) is 5.82 Å². The lowest BCUT2D eigenvalue weighted by atomic mass is 10.3. The van der Waals surface area contributed by atoms with Crippen molar-refractivity contribution in [3.05, 3.63) is 52.5 Å². The Hall–Kier alpha value is -1.13. The highest BCUT2D eigenvalue weighted by atomic mass is 79.9. The molecule has 2 aromatic rings. The van der Waals surface area contributed by atoms with E-state index in [-0.39, 0.29) is 5.82 Å². The Labute approximate surface area is 112 Å². The maximum Gasteiger partial charge on any atom is 0.137 e. The van der Waals surface area contributed by atoms with Crippen molar-refractivity contribution < 1.29 is 9.13 Å². The smallest absolute Gasteiger partial charge is 0.137 e. The summed E-state index contributed by atoms with van der Waals surface area (Å²) >= 11 is 8.87. The Kier molecular flexibility index (Phi) is 3.97. The normalized spacial score (nSPS) is 10.3. The van der Waals surface area contributed by atoms with Crippen LogP contribution in [-0.4, -0.2) is 4.98 Å². The molecule has 0 bridgehead atoms. The van der Waals surface area contributed by atoms with E-state index in [4.69, 9.17) is 16.3 Å². The highest BCUT2D eigenvalue weighted by Crippen LogP contribution is 2.28. The molecule has 0 aliphatic heterocycles. The molecule has 0 radical (unpaired) electrons. The average molecular weight is 317 g/mol. The first-order chi connectivity index (χ1) is 8.20. The second kappa shape index (κ2) is 5.47. The summed E-state index contributed by atoms with van der Waals surface area (Å²) < 4.78 is 19.0. The van der Waals surface area contributed by atoms with E-state index in [2.05, 4.69) is 20.9 Å². The minimum Gasteiger partial charge on any atom is -0.457 e. The van der Waals surface area contributed by atoms with E-state index < -0.39 is 0 Å². The van der Waals surface area contributed by atoms with Crippen molar-refractivity contribution in [2.24, 2.45) is 0 Å². The first-order valence-electron chi connectivity index (χ1n) is 4.82. The molecule has 0 saturated heterocycles. The largest absolute Gasteiger partial charge is 0.457 e. The lowest BCUT2D eigenvalue weighted by Gasteiger charge is -2.09. The van der Waals surface area contributed by atoms with Crippen molar-refractivity contribution in [3.63, 3.8) is 0 Å². The van der Waals surface area contributed by atoms with Gasteiger partial charge in [-0.1, -0.05) is 0 Å². The van der Waals surface area contributed by atoms with Gasteiger partial charge in [0.25, 0.3) is 0 Å². The number of rotatable bonds is 3. The first-order valence-corrected chi connectivity index (χ1v) is 6.15. The van der Waals surface area contributed by atoms with Gasteiger partial charge >= 0.3 is 0 Å². The summed E-state index contributed by atoms with van der Waals surface area (Å²) in [5.41, 5.74) is 0.787. The molecule has 0 fully saturated rings. The Morgan fingerprint density at radius 1 is 1.35 bits per heavy atom. The number of hydrogen-bond acceptors (Lipinski definition) is 2. The van der Waals surface area contributed by atoms with Crippen LogP contribution in [0.4, 0.5) is 4.39 Å². The van der Waals surface area contributed by atoms with E-state index >= 15 is 0 Å². The lowest BCUT2D eigenvalue weighted by molar-refractivity contribution is 0.475. The van der Waals surface area contributed by atoms with Gasteiger partial charge in [-0.2, -0.15) is 0 Å². The van der Waals surface area contributed by atoms with E-state index in [1.54, 1.807) is 30.6 Å². The molecule has 2 nitrogen and oxygen atoms in total. The number of benzene rings is 1. The van der Waals surface area contributed by atoms with Crippen LogP contribution in [-0.2, 0) is 5.88 Å². The van der Waals surface area contributed by atoms with Crippen molar-refractivity contribution in [2.45, 2.75) is 5.88 Å². The summed E-state index contributed by atoms with van der Waals surface area (Å²) in [6.45, 7) is 0. The van der Waals surface area contributed by atoms with Crippen LogP contribution in [0.25, 0.3) is 0 Å². The van der Waals surface area contributed by atoms with Gasteiger partial charge in [-0.3, -0.25) is 4.98 Å². The highest BCUT2D eigenvalue weighted by Gasteiger charge is 2.06. The monoisotopic (exact) mass is 315 g/mol. The van der Waals surface area contributed by atoms with Crippen molar-refractivity contribution in [3.8, 4) is 11.5 Å². The number of nitrogens with zero attached hydrogens (tertiary/aromatic N) is 1. The molecule has 1 aromatic carbocycles. The zero-order valence-corrected chi connectivity index (χ0v) is 11.0. The fourth-order valence-corrected chi connectivity index (χ4v) is 1.84. The van der Waals surface area contributed by atoms with E-state index in [0.717, 1.165) is 5.56 Å². The van der Waals surface area contributed by atoms with Crippen molar-refractivity contribution in [2.75, 3.05) is 0 Å². The molecular formula is C12H8BrClFNO. The van der Waals surface area contributed by atoms with Gasteiger partial charge in [0, 0.05) is 18.0 Å². The Morgan fingerprint density at radius 3 is 2.88 bits per heavy atom. The fourth-order valence-electron chi connectivity index (χ4n) is 1.28.